The van der Waals surface area contributed by atoms with Crippen molar-refractivity contribution in [2.45, 2.75) is 79.3 Å². The van der Waals surface area contributed by atoms with E-state index in [-0.39, 0.29) is 5.41 Å². The number of rotatable bonds is 5. The molecule has 1 saturated heterocycles. The van der Waals surface area contributed by atoms with Crippen molar-refractivity contribution in [3.8, 4) is 0 Å². The Morgan fingerprint density at radius 3 is 2.06 bits per heavy atom. The Morgan fingerprint density at radius 2 is 1.72 bits per heavy atom. The molecule has 1 fully saturated rings. The third kappa shape index (κ3) is 3.27. The van der Waals surface area contributed by atoms with Gasteiger partial charge in [-0.25, -0.2) is 0 Å². The van der Waals surface area contributed by atoms with Crippen LogP contribution in [0.1, 0.15) is 67.2 Å². The zero-order valence-corrected chi connectivity index (χ0v) is 13.4. The standard InChI is InChI=1S/C16H34N2/c1-7-13(17)14(15(4,5)6)18-11-10-16(8-2,9-3)12-18/h13-14H,7-12,17H2,1-6H3. The van der Waals surface area contributed by atoms with Gasteiger partial charge in [-0.2, -0.15) is 0 Å². The lowest BCUT2D eigenvalue weighted by Crippen LogP contribution is -2.54. The first-order valence-corrected chi connectivity index (χ1v) is 7.79. The van der Waals surface area contributed by atoms with Crippen LogP contribution in [0.4, 0.5) is 0 Å². The van der Waals surface area contributed by atoms with Crippen molar-refractivity contribution in [3.63, 3.8) is 0 Å². The van der Waals surface area contributed by atoms with Crippen LogP contribution in [-0.2, 0) is 0 Å². The minimum atomic E-state index is 0.271. The van der Waals surface area contributed by atoms with Crippen molar-refractivity contribution in [2.24, 2.45) is 16.6 Å². The number of nitrogens with two attached hydrogens (primary N) is 1. The number of hydrogen-bond acceptors (Lipinski definition) is 2. The number of likely N-dealkylation sites (tertiary alicyclic amines) is 1. The SMILES string of the molecule is CCC(N)C(N1CCC(CC)(CC)C1)C(C)(C)C. The molecule has 0 aromatic heterocycles. The Kier molecular flexibility index (Phi) is 5.25. The fraction of sp³-hybridized carbons (Fsp3) is 1.00. The van der Waals surface area contributed by atoms with Gasteiger partial charge in [0, 0.05) is 18.6 Å². The Hall–Kier alpha value is -0.0800. The molecular weight excluding hydrogens is 220 g/mol. The summed E-state index contributed by atoms with van der Waals surface area (Å²) in [6.07, 6.45) is 5.03. The molecule has 0 aliphatic carbocycles. The topological polar surface area (TPSA) is 29.3 Å². The summed E-state index contributed by atoms with van der Waals surface area (Å²) in [5.74, 6) is 0. The van der Waals surface area contributed by atoms with E-state index in [1.54, 1.807) is 0 Å². The van der Waals surface area contributed by atoms with Crippen LogP contribution in [0.2, 0.25) is 0 Å². The average Bonchev–Trinajstić information content (AvgIpc) is 2.72. The smallest absolute Gasteiger partial charge is 0.0295 e. The van der Waals surface area contributed by atoms with E-state index in [2.05, 4.69) is 46.4 Å². The van der Waals surface area contributed by atoms with Crippen molar-refractivity contribution >= 4 is 0 Å². The molecule has 0 bridgehead atoms. The molecule has 1 rings (SSSR count). The predicted octanol–water partition coefficient (Wildman–Crippen LogP) is 3.65. The summed E-state index contributed by atoms with van der Waals surface area (Å²) >= 11 is 0. The third-order valence-corrected chi connectivity index (χ3v) is 5.13. The second-order valence-corrected chi connectivity index (χ2v) is 7.31. The molecule has 1 aliphatic rings. The van der Waals surface area contributed by atoms with Gasteiger partial charge in [-0.15, -0.1) is 0 Å². The summed E-state index contributed by atoms with van der Waals surface area (Å²) in [6.45, 7) is 16.4. The van der Waals surface area contributed by atoms with Gasteiger partial charge < -0.3 is 5.73 Å². The zero-order valence-electron chi connectivity index (χ0n) is 13.4. The summed E-state index contributed by atoms with van der Waals surface area (Å²) in [7, 11) is 0. The van der Waals surface area contributed by atoms with Gasteiger partial charge in [0.1, 0.15) is 0 Å². The van der Waals surface area contributed by atoms with E-state index in [9.17, 15) is 0 Å². The lowest BCUT2D eigenvalue weighted by molar-refractivity contribution is 0.0840. The van der Waals surface area contributed by atoms with Crippen LogP contribution in [0.5, 0.6) is 0 Å². The van der Waals surface area contributed by atoms with Gasteiger partial charge in [-0.3, -0.25) is 4.90 Å². The van der Waals surface area contributed by atoms with Crippen LogP contribution >= 0.6 is 0 Å². The highest BCUT2D eigenvalue weighted by Gasteiger charge is 2.42. The van der Waals surface area contributed by atoms with Crippen molar-refractivity contribution < 1.29 is 0 Å². The van der Waals surface area contributed by atoms with Crippen LogP contribution in [-0.4, -0.2) is 30.1 Å². The molecule has 1 heterocycles. The van der Waals surface area contributed by atoms with E-state index in [1.165, 1.54) is 32.4 Å². The van der Waals surface area contributed by atoms with Crippen LogP contribution in [0.25, 0.3) is 0 Å². The third-order valence-electron chi connectivity index (χ3n) is 5.13. The van der Waals surface area contributed by atoms with Gasteiger partial charge in [-0.05, 0) is 43.1 Å². The fourth-order valence-electron chi connectivity index (χ4n) is 3.72. The van der Waals surface area contributed by atoms with E-state index < -0.39 is 0 Å². The molecule has 2 N–H and O–H groups in total. The molecule has 0 radical (unpaired) electrons. The largest absolute Gasteiger partial charge is 0.326 e. The highest BCUT2D eigenvalue weighted by Crippen LogP contribution is 2.41. The Morgan fingerprint density at radius 1 is 1.17 bits per heavy atom. The Labute approximate surface area is 114 Å². The quantitative estimate of drug-likeness (QED) is 0.811. The Balaban J connectivity index is 2.84. The van der Waals surface area contributed by atoms with Crippen molar-refractivity contribution in [3.05, 3.63) is 0 Å². The normalized spacial score (nSPS) is 24.2. The molecule has 2 unspecified atom stereocenters. The molecule has 1 aliphatic heterocycles. The van der Waals surface area contributed by atoms with E-state index >= 15 is 0 Å². The van der Waals surface area contributed by atoms with Gasteiger partial charge in [0.05, 0.1) is 0 Å². The minimum absolute atomic E-state index is 0.271. The second kappa shape index (κ2) is 5.92. The molecule has 0 spiro atoms. The van der Waals surface area contributed by atoms with Crippen molar-refractivity contribution in [1.29, 1.82) is 0 Å². The highest BCUT2D eigenvalue weighted by molar-refractivity contribution is 4.97. The van der Waals surface area contributed by atoms with E-state index in [4.69, 9.17) is 5.73 Å². The molecular formula is C16H34N2. The summed E-state index contributed by atoms with van der Waals surface area (Å²) in [5, 5.41) is 0. The summed E-state index contributed by atoms with van der Waals surface area (Å²) < 4.78 is 0. The lowest BCUT2D eigenvalue weighted by Gasteiger charge is -2.42. The Bertz CT molecular complexity index is 250. The van der Waals surface area contributed by atoms with Gasteiger partial charge in [0.2, 0.25) is 0 Å². The first-order chi connectivity index (χ1) is 8.29. The molecule has 18 heavy (non-hydrogen) atoms. The molecule has 0 aromatic rings. The van der Waals surface area contributed by atoms with Gasteiger partial charge in [-0.1, -0.05) is 41.5 Å². The summed E-state index contributed by atoms with van der Waals surface area (Å²) in [4.78, 5) is 2.68. The molecule has 2 heteroatoms. The van der Waals surface area contributed by atoms with Crippen LogP contribution < -0.4 is 5.73 Å². The van der Waals surface area contributed by atoms with Crippen LogP contribution in [0.15, 0.2) is 0 Å². The lowest BCUT2D eigenvalue weighted by atomic mass is 9.79. The second-order valence-electron chi connectivity index (χ2n) is 7.31. The average molecular weight is 254 g/mol. The monoisotopic (exact) mass is 254 g/mol. The molecule has 2 nitrogen and oxygen atoms in total. The maximum Gasteiger partial charge on any atom is 0.0295 e. The molecule has 0 amide bonds. The predicted molar refractivity (Wildman–Crippen MR) is 80.7 cm³/mol. The summed E-state index contributed by atoms with van der Waals surface area (Å²) in [6, 6.07) is 0.817. The van der Waals surface area contributed by atoms with Crippen molar-refractivity contribution in [2.75, 3.05) is 13.1 Å². The van der Waals surface area contributed by atoms with E-state index in [0.717, 1.165) is 6.42 Å². The summed E-state index contributed by atoms with van der Waals surface area (Å²) in [5.41, 5.74) is 7.24. The molecule has 0 saturated carbocycles. The first-order valence-electron chi connectivity index (χ1n) is 7.79. The number of nitrogens with zero attached hydrogens (tertiary/aromatic N) is 1. The maximum atomic E-state index is 6.41. The number of hydrogen-bond donors (Lipinski definition) is 1. The highest BCUT2D eigenvalue weighted by atomic mass is 15.2. The maximum absolute atomic E-state index is 6.41. The van der Waals surface area contributed by atoms with Gasteiger partial charge in [0.25, 0.3) is 0 Å². The minimum Gasteiger partial charge on any atom is -0.326 e. The van der Waals surface area contributed by atoms with Crippen LogP contribution in [0.3, 0.4) is 0 Å². The molecule has 2 atom stereocenters. The molecule has 0 aromatic carbocycles. The van der Waals surface area contributed by atoms with Crippen molar-refractivity contribution in [1.82, 2.24) is 4.90 Å². The van der Waals surface area contributed by atoms with Crippen LogP contribution in [0, 0.1) is 10.8 Å². The fourth-order valence-corrected chi connectivity index (χ4v) is 3.72. The van der Waals surface area contributed by atoms with Gasteiger partial charge in [0.15, 0.2) is 0 Å². The van der Waals surface area contributed by atoms with E-state index in [0.29, 0.717) is 17.5 Å². The first kappa shape index (κ1) is 16.0. The van der Waals surface area contributed by atoms with E-state index in [1.807, 2.05) is 0 Å². The molecule has 108 valence electrons. The zero-order chi connectivity index (χ0) is 14.0. The van der Waals surface area contributed by atoms with Gasteiger partial charge >= 0.3 is 0 Å².